The second kappa shape index (κ2) is 5.55. The third-order valence-electron chi connectivity index (χ3n) is 4.28. The van der Waals surface area contributed by atoms with E-state index in [4.69, 9.17) is 4.74 Å². The summed E-state index contributed by atoms with van der Waals surface area (Å²) in [6.07, 6.45) is 0.422. The van der Waals surface area contributed by atoms with E-state index in [1.165, 1.54) is 15.6 Å². The highest BCUT2D eigenvalue weighted by atomic mass is 32.2. The van der Waals surface area contributed by atoms with Crippen molar-refractivity contribution < 1.29 is 21.6 Å². The van der Waals surface area contributed by atoms with Crippen molar-refractivity contribution in [2.75, 3.05) is 25.5 Å². The number of ether oxygens (including phenoxy) is 1. The monoisotopic (exact) mass is 365 g/mol. The average molecular weight is 365 g/mol. The largest absolute Gasteiger partial charge is 0.380 e. The molecule has 6 nitrogen and oxygen atoms in total. The molecule has 0 N–H and O–H groups in total. The van der Waals surface area contributed by atoms with E-state index >= 15 is 0 Å². The first-order valence-electron chi connectivity index (χ1n) is 7.11. The number of rotatable bonds is 2. The van der Waals surface area contributed by atoms with Crippen molar-refractivity contribution in [3.63, 3.8) is 0 Å². The van der Waals surface area contributed by atoms with Gasteiger partial charge in [0, 0.05) is 28.9 Å². The minimum atomic E-state index is -3.67. The van der Waals surface area contributed by atoms with Gasteiger partial charge in [-0.2, -0.15) is 4.31 Å². The van der Waals surface area contributed by atoms with Crippen molar-refractivity contribution in [3.05, 3.63) is 15.8 Å². The molecule has 3 rings (SSSR count). The zero-order valence-corrected chi connectivity index (χ0v) is 14.9. The highest BCUT2D eigenvalue weighted by Crippen LogP contribution is 2.34. The van der Waals surface area contributed by atoms with Gasteiger partial charge in [-0.05, 0) is 26.3 Å². The number of aryl methyl sites for hydroxylation is 2. The second-order valence-electron chi connectivity index (χ2n) is 5.73. The van der Waals surface area contributed by atoms with Crippen LogP contribution in [0.2, 0.25) is 0 Å². The van der Waals surface area contributed by atoms with Gasteiger partial charge in [-0.3, -0.25) is 0 Å². The molecule has 22 heavy (non-hydrogen) atoms. The molecule has 2 aliphatic heterocycles. The predicted molar refractivity (Wildman–Crippen MR) is 84.5 cm³/mol. The number of sulfone groups is 1. The SMILES string of the molecule is Cc1cc(S(=O)(=O)N2CCS(=O)(=O)C3COCCC32)c(C)s1. The normalized spacial score (nSPS) is 29.2. The molecule has 0 amide bonds. The molecule has 124 valence electrons. The van der Waals surface area contributed by atoms with Crippen LogP contribution in [0.15, 0.2) is 11.0 Å². The summed E-state index contributed by atoms with van der Waals surface area (Å²) in [7, 11) is -6.96. The fourth-order valence-corrected chi connectivity index (χ4v) is 8.42. The predicted octanol–water partition coefficient (Wildman–Crippen LogP) is 0.942. The first kappa shape index (κ1) is 16.4. The van der Waals surface area contributed by atoms with Crippen LogP contribution in [0.4, 0.5) is 0 Å². The molecule has 0 radical (unpaired) electrons. The Balaban J connectivity index is 2.02. The average Bonchev–Trinajstić information content (AvgIpc) is 2.78. The Hall–Kier alpha value is -0.480. The molecular formula is C13H19NO5S3. The van der Waals surface area contributed by atoms with Crippen molar-refractivity contribution in [1.82, 2.24) is 4.31 Å². The molecule has 0 spiro atoms. The third kappa shape index (κ3) is 2.62. The molecule has 2 unspecified atom stereocenters. The maximum atomic E-state index is 13.0. The van der Waals surface area contributed by atoms with E-state index in [1.54, 1.807) is 13.0 Å². The van der Waals surface area contributed by atoms with Crippen LogP contribution in [-0.4, -0.2) is 57.9 Å². The highest BCUT2D eigenvalue weighted by Gasteiger charge is 2.48. The van der Waals surface area contributed by atoms with Crippen LogP contribution in [0.3, 0.4) is 0 Å². The maximum Gasteiger partial charge on any atom is 0.244 e. The molecule has 2 fully saturated rings. The van der Waals surface area contributed by atoms with Gasteiger partial charge in [-0.25, -0.2) is 16.8 Å². The number of thiophene rings is 1. The van der Waals surface area contributed by atoms with Crippen LogP contribution in [0.5, 0.6) is 0 Å². The van der Waals surface area contributed by atoms with Crippen molar-refractivity contribution in [3.8, 4) is 0 Å². The lowest BCUT2D eigenvalue weighted by atomic mass is 10.1. The van der Waals surface area contributed by atoms with Gasteiger partial charge < -0.3 is 4.74 Å². The lowest BCUT2D eigenvalue weighted by Gasteiger charge is -2.42. The Morgan fingerprint density at radius 3 is 2.73 bits per heavy atom. The van der Waals surface area contributed by atoms with E-state index in [1.807, 2.05) is 6.92 Å². The zero-order chi connectivity index (χ0) is 16.1. The Morgan fingerprint density at radius 1 is 1.36 bits per heavy atom. The van der Waals surface area contributed by atoms with Crippen LogP contribution in [-0.2, 0) is 24.6 Å². The Labute approximate surface area is 135 Å². The topological polar surface area (TPSA) is 80.8 Å². The van der Waals surface area contributed by atoms with Gasteiger partial charge in [-0.1, -0.05) is 0 Å². The highest BCUT2D eigenvalue weighted by molar-refractivity contribution is 7.92. The number of hydrogen-bond donors (Lipinski definition) is 0. The van der Waals surface area contributed by atoms with Crippen molar-refractivity contribution in [2.24, 2.45) is 0 Å². The van der Waals surface area contributed by atoms with Gasteiger partial charge in [0.1, 0.15) is 5.25 Å². The molecule has 3 heterocycles. The van der Waals surface area contributed by atoms with Crippen LogP contribution < -0.4 is 0 Å². The minimum Gasteiger partial charge on any atom is -0.380 e. The number of hydrogen-bond acceptors (Lipinski definition) is 6. The molecule has 0 bridgehead atoms. The number of fused-ring (bicyclic) bond motifs is 1. The number of nitrogens with zero attached hydrogens (tertiary/aromatic N) is 1. The lowest BCUT2D eigenvalue weighted by molar-refractivity contribution is 0.0590. The van der Waals surface area contributed by atoms with Crippen molar-refractivity contribution in [1.29, 1.82) is 0 Å². The standard InChI is InChI=1S/C13H19NO5S3/c1-9-7-12(10(2)20-9)22(17,18)14-4-6-21(15,16)13-8-19-5-3-11(13)14/h7,11,13H,3-6,8H2,1-2H3. The number of sulfonamides is 1. The summed E-state index contributed by atoms with van der Waals surface area (Å²) < 4.78 is 57.0. The summed E-state index contributed by atoms with van der Waals surface area (Å²) in [6.45, 7) is 4.16. The summed E-state index contributed by atoms with van der Waals surface area (Å²) in [5.74, 6) is -0.140. The van der Waals surface area contributed by atoms with E-state index in [0.29, 0.717) is 17.9 Å². The van der Waals surface area contributed by atoms with Gasteiger partial charge in [0.05, 0.1) is 17.3 Å². The van der Waals surface area contributed by atoms with Crippen LogP contribution >= 0.6 is 11.3 Å². The Morgan fingerprint density at radius 2 is 2.09 bits per heavy atom. The molecule has 2 atom stereocenters. The molecular weight excluding hydrogens is 346 g/mol. The Kier molecular flexibility index (Phi) is 4.14. The summed E-state index contributed by atoms with van der Waals surface area (Å²) in [5, 5.41) is -0.746. The van der Waals surface area contributed by atoms with E-state index in [9.17, 15) is 16.8 Å². The molecule has 0 aromatic carbocycles. The van der Waals surface area contributed by atoms with E-state index < -0.39 is 31.2 Å². The smallest absolute Gasteiger partial charge is 0.244 e. The summed E-state index contributed by atoms with van der Waals surface area (Å²) in [5.41, 5.74) is 0. The minimum absolute atomic E-state index is 0.0279. The van der Waals surface area contributed by atoms with Crippen LogP contribution in [0.25, 0.3) is 0 Å². The quantitative estimate of drug-likeness (QED) is 0.779. The second-order valence-corrected chi connectivity index (χ2v) is 11.4. The van der Waals surface area contributed by atoms with E-state index in [2.05, 4.69) is 0 Å². The maximum absolute atomic E-state index is 13.0. The van der Waals surface area contributed by atoms with Crippen molar-refractivity contribution in [2.45, 2.75) is 36.5 Å². The first-order chi connectivity index (χ1) is 10.2. The Bertz CT molecular complexity index is 781. The summed E-state index contributed by atoms with van der Waals surface area (Å²) in [6, 6.07) is 1.16. The van der Waals surface area contributed by atoms with Crippen LogP contribution in [0.1, 0.15) is 16.2 Å². The molecule has 0 aliphatic carbocycles. The summed E-state index contributed by atoms with van der Waals surface area (Å²) in [4.78, 5) is 1.98. The zero-order valence-electron chi connectivity index (χ0n) is 12.5. The van der Waals surface area contributed by atoms with Gasteiger partial charge in [0.15, 0.2) is 9.84 Å². The van der Waals surface area contributed by atoms with Gasteiger partial charge in [-0.15, -0.1) is 11.3 Å². The molecule has 0 saturated carbocycles. The lowest BCUT2D eigenvalue weighted by Crippen LogP contribution is -2.60. The van der Waals surface area contributed by atoms with Gasteiger partial charge in [0.25, 0.3) is 0 Å². The fourth-order valence-electron chi connectivity index (χ4n) is 3.20. The van der Waals surface area contributed by atoms with Crippen LogP contribution in [0, 0.1) is 13.8 Å². The molecule has 1 aromatic heterocycles. The first-order valence-corrected chi connectivity index (χ1v) is 11.1. The summed E-state index contributed by atoms with van der Waals surface area (Å²) >= 11 is 1.44. The molecule has 2 aliphatic rings. The molecule has 2 saturated heterocycles. The third-order valence-corrected chi connectivity index (χ3v) is 9.55. The fraction of sp³-hybridized carbons (Fsp3) is 0.692. The molecule has 1 aromatic rings. The van der Waals surface area contributed by atoms with E-state index in [-0.39, 0.29) is 18.9 Å². The van der Waals surface area contributed by atoms with Gasteiger partial charge in [0.2, 0.25) is 10.0 Å². The van der Waals surface area contributed by atoms with Crippen molar-refractivity contribution >= 4 is 31.2 Å². The van der Waals surface area contributed by atoms with Gasteiger partial charge >= 0.3 is 0 Å². The van der Waals surface area contributed by atoms with E-state index in [0.717, 1.165) is 9.75 Å². The molecule has 9 heteroatoms.